The third kappa shape index (κ3) is 4.67. The molecule has 0 atom stereocenters. The van der Waals surface area contributed by atoms with Crippen LogP contribution in [0.25, 0.3) is 0 Å². The topological polar surface area (TPSA) is 73.9 Å². The van der Waals surface area contributed by atoms with E-state index in [0.717, 1.165) is 11.1 Å². The zero-order chi connectivity index (χ0) is 19.3. The van der Waals surface area contributed by atoms with Gasteiger partial charge in [0.1, 0.15) is 11.5 Å². The fourth-order valence-electron chi connectivity index (χ4n) is 2.23. The van der Waals surface area contributed by atoms with Crippen molar-refractivity contribution in [3.05, 3.63) is 52.0 Å². The Bertz CT molecular complexity index is 835. The Balaban J connectivity index is 2.01. The zero-order valence-electron chi connectivity index (χ0n) is 15.0. The monoisotopic (exact) mass is 377 g/mol. The van der Waals surface area contributed by atoms with Crippen LogP contribution in [0.1, 0.15) is 21.5 Å². The van der Waals surface area contributed by atoms with Gasteiger partial charge in [-0.2, -0.15) is 0 Å². The Kier molecular flexibility index (Phi) is 6.46. The number of ether oxygens (including phenoxy) is 3. The first-order chi connectivity index (χ1) is 12.3. The van der Waals surface area contributed by atoms with E-state index in [0.29, 0.717) is 27.8 Å². The predicted molar refractivity (Wildman–Crippen MR) is 99.4 cm³/mol. The third-order valence-electron chi connectivity index (χ3n) is 3.82. The van der Waals surface area contributed by atoms with Gasteiger partial charge in [-0.1, -0.05) is 17.7 Å². The fraction of sp³-hybridized carbons (Fsp3) is 0.263. The number of esters is 1. The smallest absolute Gasteiger partial charge is 0.338 e. The molecule has 2 rings (SSSR count). The van der Waals surface area contributed by atoms with Gasteiger partial charge in [0.25, 0.3) is 5.91 Å². The number of methoxy groups -OCH3 is 2. The maximum Gasteiger partial charge on any atom is 0.338 e. The molecule has 0 saturated carbocycles. The largest absolute Gasteiger partial charge is 0.495 e. The fourth-order valence-corrected chi connectivity index (χ4v) is 2.47. The summed E-state index contributed by atoms with van der Waals surface area (Å²) in [5.41, 5.74) is 2.79. The molecule has 0 radical (unpaired) electrons. The molecule has 6 nitrogen and oxygen atoms in total. The van der Waals surface area contributed by atoms with Crippen molar-refractivity contribution in [3.8, 4) is 11.5 Å². The van der Waals surface area contributed by atoms with Crippen LogP contribution in [0.3, 0.4) is 0 Å². The molecule has 2 aromatic rings. The van der Waals surface area contributed by atoms with Crippen LogP contribution >= 0.6 is 11.6 Å². The Morgan fingerprint density at radius 2 is 1.69 bits per heavy atom. The number of benzene rings is 2. The Hall–Kier alpha value is -2.73. The van der Waals surface area contributed by atoms with Crippen molar-refractivity contribution in [1.82, 2.24) is 0 Å². The first-order valence-corrected chi connectivity index (χ1v) is 8.19. The number of anilines is 1. The standard InChI is InChI=1S/C19H20ClNO5/c1-11-5-6-13(7-12(11)2)19(23)26-10-18(22)21-15-8-14(20)16(24-3)9-17(15)25-4/h5-9H,10H2,1-4H3,(H,21,22). The number of aryl methyl sites for hydroxylation is 2. The van der Waals surface area contributed by atoms with Crippen molar-refractivity contribution in [1.29, 1.82) is 0 Å². The molecular weight excluding hydrogens is 358 g/mol. The second kappa shape index (κ2) is 8.58. The van der Waals surface area contributed by atoms with Gasteiger partial charge in [-0.25, -0.2) is 4.79 Å². The highest BCUT2D eigenvalue weighted by Crippen LogP contribution is 2.35. The molecule has 0 bridgehead atoms. The molecule has 2 aromatic carbocycles. The van der Waals surface area contributed by atoms with Crippen molar-refractivity contribution in [2.75, 3.05) is 26.1 Å². The number of rotatable bonds is 6. The van der Waals surface area contributed by atoms with Gasteiger partial charge in [-0.05, 0) is 43.2 Å². The van der Waals surface area contributed by atoms with Crippen LogP contribution in [0, 0.1) is 13.8 Å². The molecule has 0 aromatic heterocycles. The minimum Gasteiger partial charge on any atom is -0.495 e. The number of amides is 1. The van der Waals surface area contributed by atoms with Crippen LogP contribution in [0.2, 0.25) is 5.02 Å². The van der Waals surface area contributed by atoms with E-state index in [9.17, 15) is 9.59 Å². The van der Waals surface area contributed by atoms with Crippen LogP contribution < -0.4 is 14.8 Å². The van der Waals surface area contributed by atoms with Gasteiger partial charge >= 0.3 is 5.97 Å². The SMILES string of the molecule is COc1cc(OC)c(NC(=O)COC(=O)c2ccc(C)c(C)c2)cc1Cl. The molecule has 0 aliphatic heterocycles. The highest BCUT2D eigenvalue weighted by Gasteiger charge is 2.15. The molecular formula is C19H20ClNO5. The maximum atomic E-state index is 12.1. The molecule has 7 heteroatoms. The highest BCUT2D eigenvalue weighted by molar-refractivity contribution is 6.32. The summed E-state index contributed by atoms with van der Waals surface area (Å²) in [6, 6.07) is 8.27. The number of hydrogen-bond acceptors (Lipinski definition) is 5. The lowest BCUT2D eigenvalue weighted by Gasteiger charge is -2.13. The van der Waals surface area contributed by atoms with Crippen LogP contribution in [-0.2, 0) is 9.53 Å². The molecule has 1 amide bonds. The molecule has 0 aliphatic carbocycles. The van der Waals surface area contributed by atoms with E-state index in [2.05, 4.69) is 5.32 Å². The van der Waals surface area contributed by atoms with E-state index >= 15 is 0 Å². The van der Waals surface area contributed by atoms with Crippen molar-refractivity contribution in [3.63, 3.8) is 0 Å². The van der Waals surface area contributed by atoms with E-state index < -0.39 is 18.5 Å². The van der Waals surface area contributed by atoms with E-state index in [4.69, 9.17) is 25.8 Å². The Morgan fingerprint density at radius 3 is 2.31 bits per heavy atom. The minimum absolute atomic E-state index is 0.315. The lowest BCUT2D eigenvalue weighted by atomic mass is 10.1. The average Bonchev–Trinajstić information content (AvgIpc) is 2.62. The molecule has 0 aliphatic rings. The molecule has 0 spiro atoms. The summed E-state index contributed by atoms with van der Waals surface area (Å²) in [5, 5.41) is 2.92. The van der Waals surface area contributed by atoms with Gasteiger partial charge in [0.15, 0.2) is 6.61 Å². The molecule has 138 valence electrons. The van der Waals surface area contributed by atoms with Crippen molar-refractivity contribution in [2.45, 2.75) is 13.8 Å². The second-order valence-electron chi connectivity index (χ2n) is 5.61. The lowest BCUT2D eigenvalue weighted by molar-refractivity contribution is -0.119. The summed E-state index contributed by atoms with van der Waals surface area (Å²) in [6.07, 6.45) is 0. The summed E-state index contributed by atoms with van der Waals surface area (Å²) in [7, 11) is 2.93. The van der Waals surface area contributed by atoms with Crippen molar-refractivity contribution < 1.29 is 23.8 Å². The van der Waals surface area contributed by atoms with E-state index in [1.807, 2.05) is 19.9 Å². The summed E-state index contributed by atoms with van der Waals surface area (Å²) >= 11 is 6.06. The van der Waals surface area contributed by atoms with Crippen molar-refractivity contribution >= 4 is 29.2 Å². The summed E-state index contributed by atoms with van der Waals surface area (Å²) < 4.78 is 15.4. The van der Waals surface area contributed by atoms with Gasteiger partial charge in [0.05, 0.1) is 30.5 Å². The van der Waals surface area contributed by atoms with Crippen molar-refractivity contribution in [2.24, 2.45) is 0 Å². The van der Waals surface area contributed by atoms with E-state index in [1.165, 1.54) is 20.3 Å². The zero-order valence-corrected chi connectivity index (χ0v) is 15.8. The first-order valence-electron chi connectivity index (χ1n) is 7.81. The quantitative estimate of drug-likeness (QED) is 0.776. The summed E-state index contributed by atoms with van der Waals surface area (Å²) in [6.45, 7) is 3.42. The highest BCUT2D eigenvalue weighted by atomic mass is 35.5. The molecule has 0 saturated heterocycles. The average molecular weight is 378 g/mol. The Morgan fingerprint density at radius 1 is 1.00 bits per heavy atom. The van der Waals surface area contributed by atoms with Gasteiger partial charge < -0.3 is 19.5 Å². The molecule has 0 unspecified atom stereocenters. The van der Waals surface area contributed by atoms with Crippen LogP contribution in [0.15, 0.2) is 30.3 Å². The first kappa shape index (κ1) is 19.6. The predicted octanol–water partition coefficient (Wildman–Crippen LogP) is 3.77. The molecule has 26 heavy (non-hydrogen) atoms. The van der Waals surface area contributed by atoms with Gasteiger partial charge in [-0.3, -0.25) is 4.79 Å². The second-order valence-corrected chi connectivity index (χ2v) is 6.02. The van der Waals surface area contributed by atoms with Gasteiger partial charge in [0.2, 0.25) is 0 Å². The molecule has 1 N–H and O–H groups in total. The maximum absolute atomic E-state index is 12.1. The normalized spacial score (nSPS) is 10.2. The van der Waals surface area contributed by atoms with Crippen LogP contribution in [0.4, 0.5) is 5.69 Å². The molecule has 0 heterocycles. The summed E-state index contributed by atoms with van der Waals surface area (Å²) in [4.78, 5) is 24.1. The van der Waals surface area contributed by atoms with E-state index in [-0.39, 0.29) is 0 Å². The Labute approximate surface area is 157 Å². The van der Waals surface area contributed by atoms with E-state index in [1.54, 1.807) is 18.2 Å². The van der Waals surface area contributed by atoms with Crippen LogP contribution in [0.5, 0.6) is 11.5 Å². The van der Waals surface area contributed by atoms with Crippen LogP contribution in [-0.4, -0.2) is 32.7 Å². The third-order valence-corrected chi connectivity index (χ3v) is 4.12. The number of carbonyl (C=O) groups is 2. The number of hydrogen-bond donors (Lipinski definition) is 1. The number of halogens is 1. The lowest BCUT2D eigenvalue weighted by Crippen LogP contribution is -2.21. The summed E-state index contributed by atoms with van der Waals surface area (Å²) in [5.74, 6) is -0.285. The number of carbonyl (C=O) groups excluding carboxylic acids is 2. The number of nitrogens with one attached hydrogen (secondary N) is 1. The molecule has 0 fully saturated rings. The minimum atomic E-state index is -0.567. The van der Waals surface area contributed by atoms with Gasteiger partial charge in [-0.15, -0.1) is 0 Å². The van der Waals surface area contributed by atoms with Gasteiger partial charge in [0, 0.05) is 6.07 Å².